The zero-order chi connectivity index (χ0) is 16.1. The Morgan fingerprint density at radius 2 is 1.87 bits per heavy atom. The molecule has 1 saturated carbocycles. The molecule has 5 unspecified atom stereocenters. The number of fused-ring (bicyclic) bond motifs is 2. The van der Waals surface area contributed by atoms with Gasteiger partial charge in [0, 0.05) is 0 Å². The molecule has 2 fully saturated rings. The van der Waals surface area contributed by atoms with Crippen molar-refractivity contribution >= 4 is 11.5 Å². The Bertz CT molecular complexity index is 800. The molecule has 1 aromatic carbocycles. The van der Waals surface area contributed by atoms with Crippen LogP contribution in [0.4, 0.5) is 0 Å². The van der Waals surface area contributed by atoms with Crippen LogP contribution in [0.15, 0.2) is 47.6 Å². The van der Waals surface area contributed by atoms with Crippen LogP contribution >= 0.6 is 0 Å². The Kier molecular flexibility index (Phi) is 2.11. The van der Waals surface area contributed by atoms with Crippen molar-refractivity contribution in [1.29, 1.82) is 0 Å². The number of hydrogen-bond donors (Lipinski definition) is 0. The molecule has 5 atom stereocenters. The maximum atomic E-state index is 13.4. The van der Waals surface area contributed by atoms with Gasteiger partial charge in [-0.3, -0.25) is 4.79 Å². The fraction of sp³-hybridized carbons (Fsp3) is 0.474. The van der Waals surface area contributed by atoms with Crippen molar-refractivity contribution in [1.82, 2.24) is 0 Å². The predicted molar refractivity (Wildman–Crippen MR) is 85.0 cm³/mol. The van der Waals surface area contributed by atoms with Crippen molar-refractivity contribution in [2.24, 2.45) is 21.9 Å². The molecule has 5 rings (SSSR count). The smallest absolute Gasteiger partial charge is 0.185 e. The van der Waals surface area contributed by atoms with Gasteiger partial charge in [0.25, 0.3) is 0 Å². The van der Waals surface area contributed by atoms with E-state index < -0.39 is 22.0 Å². The monoisotopic (exact) mass is 309 g/mol. The van der Waals surface area contributed by atoms with E-state index in [-0.39, 0.29) is 11.7 Å². The van der Waals surface area contributed by atoms with Crippen LogP contribution < -0.4 is 0 Å². The maximum absolute atomic E-state index is 13.4. The Hall–Kier alpha value is -1.94. The molecule has 1 aromatic rings. The predicted octanol–water partition coefficient (Wildman–Crippen LogP) is 2.73. The highest BCUT2D eigenvalue weighted by molar-refractivity contribution is 6.12. The normalized spacial score (nSPS) is 49.1. The van der Waals surface area contributed by atoms with Crippen molar-refractivity contribution in [3.8, 4) is 0 Å². The minimum Gasteiger partial charge on any atom is -0.384 e. The van der Waals surface area contributed by atoms with Crippen molar-refractivity contribution in [2.75, 3.05) is 6.61 Å². The summed E-state index contributed by atoms with van der Waals surface area (Å²) in [7, 11) is 0. The molecule has 2 heterocycles. The van der Waals surface area contributed by atoms with Gasteiger partial charge in [-0.2, -0.15) is 0 Å². The van der Waals surface area contributed by atoms with Crippen LogP contribution in [0.3, 0.4) is 0 Å². The number of carbonyl (C=O) groups excluding carboxylic acids is 1. The SMILES string of the molecule is CC12C=CC3(C)OCC4(ON=C(c5ccccc5)C14)C3(C)C2=O. The third-order valence-corrected chi connectivity index (χ3v) is 6.83. The second-order valence-electron chi connectivity index (χ2n) is 7.72. The second-order valence-corrected chi connectivity index (χ2v) is 7.72. The summed E-state index contributed by atoms with van der Waals surface area (Å²) in [5.41, 5.74) is -0.759. The van der Waals surface area contributed by atoms with Crippen LogP contribution in [-0.4, -0.2) is 29.3 Å². The molecule has 118 valence electrons. The summed E-state index contributed by atoms with van der Waals surface area (Å²) in [4.78, 5) is 19.5. The Labute approximate surface area is 135 Å². The van der Waals surface area contributed by atoms with Gasteiger partial charge >= 0.3 is 0 Å². The Morgan fingerprint density at radius 1 is 1.13 bits per heavy atom. The van der Waals surface area contributed by atoms with E-state index in [1.54, 1.807) is 0 Å². The molecule has 0 aromatic heterocycles. The molecule has 0 amide bonds. The van der Waals surface area contributed by atoms with Gasteiger partial charge in [0.2, 0.25) is 0 Å². The van der Waals surface area contributed by atoms with Crippen molar-refractivity contribution in [3.05, 3.63) is 48.0 Å². The zero-order valence-electron chi connectivity index (χ0n) is 13.5. The number of hydrogen-bond acceptors (Lipinski definition) is 4. The number of Topliss-reactive ketones (excluding diaryl/α,β-unsaturated/α-hetero) is 1. The van der Waals surface area contributed by atoms with Crippen LogP contribution in [0.2, 0.25) is 0 Å². The zero-order valence-corrected chi connectivity index (χ0v) is 13.5. The number of rotatable bonds is 1. The fourth-order valence-corrected chi connectivity index (χ4v) is 5.32. The molecule has 4 aliphatic rings. The standard InChI is InChI=1S/C19H19NO3/c1-16-9-10-17(2)18(3,15(16)21)19(11-22-17)14(16)13(20-23-19)12-7-5-4-6-8-12/h4-10,14H,11H2,1-3H3. The molecule has 1 saturated heterocycles. The quantitative estimate of drug-likeness (QED) is 0.749. The topological polar surface area (TPSA) is 47.9 Å². The molecule has 0 radical (unpaired) electrons. The third kappa shape index (κ3) is 1.13. The summed E-state index contributed by atoms with van der Waals surface area (Å²) < 4.78 is 6.10. The number of carbonyl (C=O) groups is 1. The number of ether oxygens (including phenoxy) is 1. The van der Waals surface area contributed by atoms with E-state index in [1.165, 1.54) is 0 Å². The number of allylic oxidation sites excluding steroid dienone is 1. The second kappa shape index (κ2) is 3.59. The first-order valence-electron chi connectivity index (χ1n) is 8.10. The Morgan fingerprint density at radius 3 is 2.61 bits per heavy atom. The summed E-state index contributed by atoms with van der Waals surface area (Å²) in [5, 5.41) is 4.45. The average Bonchev–Trinajstić information content (AvgIpc) is 3.09. The van der Waals surface area contributed by atoms with Gasteiger partial charge in [0.1, 0.15) is 11.0 Å². The average molecular weight is 309 g/mol. The molecular formula is C19H19NO3. The van der Waals surface area contributed by atoms with E-state index in [0.717, 1.165) is 11.3 Å². The molecule has 2 aliphatic heterocycles. The highest BCUT2D eigenvalue weighted by Crippen LogP contribution is 2.71. The van der Waals surface area contributed by atoms with Gasteiger partial charge in [-0.15, -0.1) is 0 Å². The highest BCUT2D eigenvalue weighted by atomic mass is 16.7. The van der Waals surface area contributed by atoms with Gasteiger partial charge in [0.05, 0.1) is 23.7 Å². The molecule has 2 aliphatic carbocycles. The van der Waals surface area contributed by atoms with Gasteiger partial charge in [0.15, 0.2) is 11.4 Å². The minimum atomic E-state index is -0.714. The first-order valence-corrected chi connectivity index (χ1v) is 8.10. The number of ketones is 1. The van der Waals surface area contributed by atoms with E-state index in [1.807, 2.05) is 57.2 Å². The molecular weight excluding hydrogens is 290 g/mol. The summed E-state index contributed by atoms with van der Waals surface area (Å²) in [6, 6.07) is 10.0. The summed E-state index contributed by atoms with van der Waals surface area (Å²) in [6.07, 6.45) is 4.09. The lowest BCUT2D eigenvalue weighted by atomic mass is 9.63. The molecule has 0 N–H and O–H groups in total. The van der Waals surface area contributed by atoms with Crippen LogP contribution in [-0.2, 0) is 14.4 Å². The van der Waals surface area contributed by atoms with E-state index in [4.69, 9.17) is 9.57 Å². The first-order chi connectivity index (χ1) is 10.9. The number of benzene rings is 1. The molecule has 23 heavy (non-hydrogen) atoms. The number of oxime groups is 1. The lowest BCUT2D eigenvalue weighted by Gasteiger charge is -2.41. The molecule has 4 heteroatoms. The number of nitrogens with zero attached hydrogens (tertiary/aromatic N) is 1. The van der Waals surface area contributed by atoms with Crippen LogP contribution in [0, 0.1) is 16.7 Å². The molecule has 4 nitrogen and oxygen atoms in total. The largest absolute Gasteiger partial charge is 0.384 e. The van der Waals surface area contributed by atoms with Gasteiger partial charge in [-0.1, -0.05) is 47.6 Å². The molecule has 2 bridgehead atoms. The van der Waals surface area contributed by atoms with E-state index in [0.29, 0.717) is 6.61 Å². The first kappa shape index (κ1) is 13.5. The minimum absolute atomic E-state index is 0.115. The third-order valence-electron chi connectivity index (χ3n) is 6.83. The lowest BCUT2D eigenvalue weighted by molar-refractivity contribution is -0.145. The van der Waals surface area contributed by atoms with Crippen LogP contribution in [0.25, 0.3) is 0 Å². The summed E-state index contributed by atoms with van der Waals surface area (Å²) in [5.74, 6) is 0.0938. The van der Waals surface area contributed by atoms with Gasteiger partial charge in [-0.05, 0) is 26.3 Å². The van der Waals surface area contributed by atoms with E-state index >= 15 is 0 Å². The van der Waals surface area contributed by atoms with E-state index in [9.17, 15) is 4.79 Å². The lowest BCUT2D eigenvalue weighted by Crippen LogP contribution is -2.55. The van der Waals surface area contributed by atoms with Crippen molar-refractivity contribution in [2.45, 2.75) is 32.0 Å². The maximum Gasteiger partial charge on any atom is 0.185 e. The summed E-state index contributed by atoms with van der Waals surface area (Å²) >= 11 is 0. The van der Waals surface area contributed by atoms with Gasteiger partial charge in [-0.25, -0.2) is 0 Å². The van der Waals surface area contributed by atoms with E-state index in [2.05, 4.69) is 11.2 Å². The van der Waals surface area contributed by atoms with Gasteiger partial charge < -0.3 is 9.57 Å². The molecule has 1 spiro atoms. The summed E-state index contributed by atoms with van der Waals surface area (Å²) in [6.45, 7) is 6.40. The van der Waals surface area contributed by atoms with Crippen LogP contribution in [0.1, 0.15) is 26.3 Å². The highest BCUT2D eigenvalue weighted by Gasteiger charge is 2.85. The van der Waals surface area contributed by atoms with Crippen molar-refractivity contribution < 1.29 is 14.4 Å². The van der Waals surface area contributed by atoms with Crippen molar-refractivity contribution in [3.63, 3.8) is 0 Å². The fourth-order valence-electron chi connectivity index (χ4n) is 5.32. The Balaban J connectivity index is 1.78. The van der Waals surface area contributed by atoms with Crippen LogP contribution in [0.5, 0.6) is 0 Å².